The van der Waals surface area contributed by atoms with Gasteiger partial charge in [0.05, 0.1) is 5.60 Å². The van der Waals surface area contributed by atoms with Crippen molar-refractivity contribution in [2.45, 2.75) is 32.8 Å². The van der Waals surface area contributed by atoms with E-state index in [9.17, 15) is 5.11 Å². The summed E-state index contributed by atoms with van der Waals surface area (Å²) in [5.41, 5.74) is 0.174. The SMILES string of the molecule is CC(C)CC(C)(O)CNc1ccnc(Cl)c1. The zero-order valence-corrected chi connectivity index (χ0v) is 10.8. The molecule has 1 aromatic rings. The zero-order valence-electron chi connectivity index (χ0n) is 10.00. The van der Waals surface area contributed by atoms with E-state index in [2.05, 4.69) is 24.1 Å². The summed E-state index contributed by atoms with van der Waals surface area (Å²) in [7, 11) is 0. The number of hydrogen-bond donors (Lipinski definition) is 2. The predicted molar refractivity (Wildman–Crippen MR) is 67.8 cm³/mol. The fraction of sp³-hybridized carbons (Fsp3) is 0.583. The van der Waals surface area contributed by atoms with Crippen molar-refractivity contribution >= 4 is 17.3 Å². The molecule has 0 fully saturated rings. The van der Waals surface area contributed by atoms with E-state index in [1.165, 1.54) is 0 Å². The Labute approximate surface area is 102 Å². The van der Waals surface area contributed by atoms with E-state index < -0.39 is 5.60 Å². The number of pyridine rings is 1. The molecule has 1 aromatic heterocycles. The van der Waals surface area contributed by atoms with Gasteiger partial charge in [0.25, 0.3) is 0 Å². The summed E-state index contributed by atoms with van der Waals surface area (Å²) in [6.07, 6.45) is 2.40. The van der Waals surface area contributed by atoms with Gasteiger partial charge in [-0.2, -0.15) is 0 Å². The molecule has 0 aliphatic carbocycles. The maximum Gasteiger partial charge on any atom is 0.131 e. The summed E-state index contributed by atoms with van der Waals surface area (Å²) >= 11 is 5.77. The minimum absolute atomic E-state index is 0.452. The van der Waals surface area contributed by atoms with Crippen molar-refractivity contribution in [3.63, 3.8) is 0 Å². The quantitative estimate of drug-likeness (QED) is 0.781. The van der Waals surface area contributed by atoms with E-state index >= 15 is 0 Å². The Balaban J connectivity index is 2.50. The van der Waals surface area contributed by atoms with E-state index in [0.29, 0.717) is 17.6 Å². The molecule has 0 radical (unpaired) electrons. The molecular formula is C12H19ClN2O. The number of anilines is 1. The van der Waals surface area contributed by atoms with Crippen LogP contribution in [0.1, 0.15) is 27.2 Å². The van der Waals surface area contributed by atoms with Crippen LogP contribution >= 0.6 is 11.6 Å². The number of nitrogens with one attached hydrogen (secondary N) is 1. The van der Waals surface area contributed by atoms with Crippen molar-refractivity contribution in [3.8, 4) is 0 Å². The third-order valence-electron chi connectivity index (χ3n) is 2.25. The molecule has 1 unspecified atom stereocenters. The molecular weight excluding hydrogens is 224 g/mol. The fourth-order valence-corrected chi connectivity index (χ4v) is 1.93. The first-order valence-electron chi connectivity index (χ1n) is 5.47. The number of rotatable bonds is 5. The normalized spacial score (nSPS) is 14.9. The summed E-state index contributed by atoms with van der Waals surface area (Å²) in [6, 6.07) is 3.57. The van der Waals surface area contributed by atoms with Gasteiger partial charge in [-0.3, -0.25) is 0 Å². The van der Waals surface area contributed by atoms with Crippen LogP contribution in [0.2, 0.25) is 5.15 Å². The fourth-order valence-electron chi connectivity index (χ4n) is 1.76. The largest absolute Gasteiger partial charge is 0.388 e. The van der Waals surface area contributed by atoms with E-state index in [1.807, 2.05) is 13.0 Å². The minimum Gasteiger partial charge on any atom is -0.388 e. The molecule has 0 aliphatic rings. The van der Waals surface area contributed by atoms with Gasteiger partial charge in [0.2, 0.25) is 0 Å². The molecule has 0 bridgehead atoms. The standard InChI is InChI=1S/C12H19ClN2O/c1-9(2)7-12(3,16)8-15-10-4-5-14-11(13)6-10/h4-6,9,16H,7-8H2,1-3H3,(H,14,15). The van der Waals surface area contributed by atoms with Crippen LogP contribution in [0, 0.1) is 5.92 Å². The molecule has 0 spiro atoms. The number of nitrogens with zero attached hydrogens (tertiary/aromatic N) is 1. The molecule has 0 saturated heterocycles. The Kier molecular flexibility index (Phi) is 4.56. The van der Waals surface area contributed by atoms with Gasteiger partial charge in [-0.1, -0.05) is 25.4 Å². The highest BCUT2D eigenvalue weighted by Gasteiger charge is 2.21. The van der Waals surface area contributed by atoms with Crippen LogP contribution in [-0.2, 0) is 0 Å². The van der Waals surface area contributed by atoms with Gasteiger partial charge in [0, 0.05) is 18.4 Å². The highest BCUT2D eigenvalue weighted by molar-refractivity contribution is 6.29. The van der Waals surface area contributed by atoms with Gasteiger partial charge in [-0.25, -0.2) is 4.98 Å². The maximum absolute atomic E-state index is 10.1. The number of aromatic nitrogens is 1. The lowest BCUT2D eigenvalue weighted by Crippen LogP contribution is -2.34. The highest BCUT2D eigenvalue weighted by Crippen LogP contribution is 2.18. The molecule has 1 rings (SSSR count). The average molecular weight is 243 g/mol. The molecule has 1 atom stereocenters. The summed E-state index contributed by atoms with van der Waals surface area (Å²) in [6.45, 7) is 6.53. The second-order valence-corrected chi connectivity index (χ2v) is 5.20. The van der Waals surface area contributed by atoms with Crippen molar-refractivity contribution in [2.75, 3.05) is 11.9 Å². The van der Waals surface area contributed by atoms with Crippen molar-refractivity contribution < 1.29 is 5.11 Å². The summed E-state index contributed by atoms with van der Waals surface area (Å²) in [5, 5.41) is 13.7. The maximum atomic E-state index is 10.1. The first kappa shape index (κ1) is 13.3. The molecule has 16 heavy (non-hydrogen) atoms. The molecule has 0 aliphatic heterocycles. The van der Waals surface area contributed by atoms with Gasteiger partial charge in [-0.15, -0.1) is 0 Å². The van der Waals surface area contributed by atoms with E-state index in [1.54, 1.807) is 12.3 Å². The molecule has 1 heterocycles. The second kappa shape index (κ2) is 5.51. The van der Waals surface area contributed by atoms with Gasteiger partial charge in [0.1, 0.15) is 5.15 Å². The highest BCUT2D eigenvalue weighted by atomic mass is 35.5. The molecule has 2 N–H and O–H groups in total. The van der Waals surface area contributed by atoms with E-state index in [-0.39, 0.29) is 0 Å². The summed E-state index contributed by atoms with van der Waals surface area (Å²) in [5.74, 6) is 0.470. The van der Waals surface area contributed by atoms with E-state index in [4.69, 9.17) is 11.6 Å². The number of aliphatic hydroxyl groups is 1. The molecule has 0 saturated carbocycles. The summed E-state index contributed by atoms with van der Waals surface area (Å²) < 4.78 is 0. The van der Waals surface area contributed by atoms with Crippen molar-refractivity contribution in [2.24, 2.45) is 5.92 Å². The molecule has 4 heteroatoms. The van der Waals surface area contributed by atoms with Crippen molar-refractivity contribution in [3.05, 3.63) is 23.5 Å². The second-order valence-electron chi connectivity index (χ2n) is 4.82. The van der Waals surface area contributed by atoms with Crippen LogP contribution in [-0.4, -0.2) is 22.2 Å². The Morgan fingerprint density at radius 1 is 1.56 bits per heavy atom. The Morgan fingerprint density at radius 3 is 2.81 bits per heavy atom. The van der Waals surface area contributed by atoms with Crippen LogP contribution < -0.4 is 5.32 Å². The van der Waals surface area contributed by atoms with E-state index in [0.717, 1.165) is 12.1 Å². The lowest BCUT2D eigenvalue weighted by Gasteiger charge is -2.26. The van der Waals surface area contributed by atoms with Crippen molar-refractivity contribution in [1.82, 2.24) is 4.98 Å². The van der Waals surface area contributed by atoms with Crippen LogP contribution in [0.25, 0.3) is 0 Å². The van der Waals surface area contributed by atoms with Gasteiger partial charge in [-0.05, 0) is 31.4 Å². The third-order valence-corrected chi connectivity index (χ3v) is 2.45. The third kappa shape index (κ3) is 4.81. The van der Waals surface area contributed by atoms with Crippen LogP contribution in [0.15, 0.2) is 18.3 Å². The van der Waals surface area contributed by atoms with Crippen LogP contribution in [0.3, 0.4) is 0 Å². The van der Waals surface area contributed by atoms with Crippen LogP contribution in [0.4, 0.5) is 5.69 Å². The number of hydrogen-bond acceptors (Lipinski definition) is 3. The Morgan fingerprint density at radius 2 is 2.25 bits per heavy atom. The molecule has 0 amide bonds. The molecule has 90 valence electrons. The first-order chi connectivity index (χ1) is 7.39. The Bertz CT molecular complexity index is 340. The monoisotopic (exact) mass is 242 g/mol. The lowest BCUT2D eigenvalue weighted by molar-refractivity contribution is 0.0515. The van der Waals surface area contributed by atoms with Crippen LogP contribution in [0.5, 0.6) is 0 Å². The average Bonchev–Trinajstić information content (AvgIpc) is 2.13. The topological polar surface area (TPSA) is 45.1 Å². The predicted octanol–water partition coefficient (Wildman–Crippen LogP) is 2.94. The van der Waals surface area contributed by atoms with Gasteiger partial charge in [0.15, 0.2) is 0 Å². The first-order valence-corrected chi connectivity index (χ1v) is 5.85. The van der Waals surface area contributed by atoms with Crippen molar-refractivity contribution in [1.29, 1.82) is 0 Å². The summed E-state index contributed by atoms with van der Waals surface area (Å²) in [4.78, 5) is 3.90. The zero-order chi connectivity index (χ0) is 12.2. The van der Waals surface area contributed by atoms with Gasteiger partial charge >= 0.3 is 0 Å². The van der Waals surface area contributed by atoms with Gasteiger partial charge < -0.3 is 10.4 Å². The lowest BCUT2D eigenvalue weighted by atomic mass is 9.94. The Hall–Kier alpha value is -0.800. The molecule has 3 nitrogen and oxygen atoms in total. The number of halogens is 1. The smallest absolute Gasteiger partial charge is 0.131 e. The minimum atomic E-state index is -0.704. The molecule has 0 aromatic carbocycles.